The first-order valence-corrected chi connectivity index (χ1v) is 8.91. The van der Waals surface area contributed by atoms with E-state index >= 15 is 0 Å². The van der Waals surface area contributed by atoms with Crippen molar-refractivity contribution >= 4 is 16.7 Å². The van der Waals surface area contributed by atoms with Crippen LogP contribution in [0.25, 0.3) is 0 Å². The van der Waals surface area contributed by atoms with E-state index in [1.807, 2.05) is 13.8 Å². The third kappa shape index (κ3) is 2.86. The van der Waals surface area contributed by atoms with Crippen molar-refractivity contribution in [1.82, 2.24) is 14.9 Å². The van der Waals surface area contributed by atoms with Crippen molar-refractivity contribution in [3.8, 4) is 0 Å². The molecule has 7 heteroatoms. The maximum absolute atomic E-state index is 12.7. The van der Waals surface area contributed by atoms with Crippen LogP contribution in [0.2, 0.25) is 0 Å². The second-order valence-electron chi connectivity index (χ2n) is 5.79. The van der Waals surface area contributed by atoms with Crippen molar-refractivity contribution in [2.75, 3.05) is 18.8 Å². The molecule has 0 saturated carbocycles. The number of aromatic nitrogens is 2. The highest BCUT2D eigenvalue weighted by molar-refractivity contribution is 7.86. The third-order valence-corrected chi connectivity index (χ3v) is 6.85. The smallest absolute Gasteiger partial charge is 0.279 e. The van der Waals surface area contributed by atoms with Crippen molar-refractivity contribution in [2.24, 2.45) is 0 Å². The SMILES string of the molecule is CCC1(CC)CN(C(=O)c2nc(C)c(C)[nH]c2=O)CCS1=O. The van der Waals surface area contributed by atoms with Gasteiger partial charge in [0.25, 0.3) is 11.5 Å². The zero-order chi connectivity index (χ0) is 16.5. The zero-order valence-electron chi connectivity index (χ0n) is 13.6. The largest absolute Gasteiger partial charge is 0.335 e. The predicted octanol–water partition coefficient (Wildman–Crippen LogP) is 1.15. The summed E-state index contributed by atoms with van der Waals surface area (Å²) in [5, 5.41) is 0. The number of aromatic amines is 1. The van der Waals surface area contributed by atoms with Crippen LogP contribution in [0, 0.1) is 13.8 Å². The van der Waals surface area contributed by atoms with Crippen LogP contribution in [-0.2, 0) is 10.8 Å². The van der Waals surface area contributed by atoms with Gasteiger partial charge in [0.2, 0.25) is 0 Å². The first-order valence-electron chi connectivity index (χ1n) is 7.60. The lowest BCUT2D eigenvalue weighted by Gasteiger charge is -2.40. The van der Waals surface area contributed by atoms with Crippen LogP contribution < -0.4 is 5.56 Å². The maximum Gasteiger partial charge on any atom is 0.279 e. The summed E-state index contributed by atoms with van der Waals surface area (Å²) in [6, 6.07) is 0. The Morgan fingerprint density at radius 1 is 1.36 bits per heavy atom. The monoisotopic (exact) mass is 325 g/mol. The van der Waals surface area contributed by atoms with Gasteiger partial charge in [-0.05, 0) is 26.7 Å². The summed E-state index contributed by atoms with van der Waals surface area (Å²) in [4.78, 5) is 33.1. The van der Waals surface area contributed by atoms with Crippen LogP contribution in [-0.4, -0.2) is 48.6 Å². The van der Waals surface area contributed by atoms with Crippen LogP contribution in [0.3, 0.4) is 0 Å². The third-order valence-electron chi connectivity index (χ3n) is 4.63. The molecule has 1 aromatic rings. The molecule has 1 aromatic heterocycles. The second-order valence-corrected chi connectivity index (χ2v) is 7.76. The molecule has 1 amide bonds. The minimum atomic E-state index is -0.944. The molecule has 122 valence electrons. The van der Waals surface area contributed by atoms with E-state index in [4.69, 9.17) is 0 Å². The Balaban J connectivity index is 2.33. The predicted molar refractivity (Wildman–Crippen MR) is 86.6 cm³/mol. The van der Waals surface area contributed by atoms with Crippen molar-refractivity contribution in [1.29, 1.82) is 0 Å². The molecule has 1 fully saturated rings. The quantitative estimate of drug-likeness (QED) is 0.903. The molecule has 0 aromatic carbocycles. The molecule has 22 heavy (non-hydrogen) atoms. The molecule has 1 aliphatic heterocycles. The zero-order valence-corrected chi connectivity index (χ0v) is 14.4. The molecule has 1 unspecified atom stereocenters. The topological polar surface area (TPSA) is 83.1 Å². The number of nitrogens with one attached hydrogen (secondary N) is 1. The summed E-state index contributed by atoms with van der Waals surface area (Å²) in [7, 11) is -0.944. The second kappa shape index (κ2) is 6.32. The number of hydrogen-bond acceptors (Lipinski definition) is 4. The lowest BCUT2D eigenvalue weighted by molar-refractivity contribution is 0.0727. The molecular weight excluding hydrogens is 302 g/mol. The first-order chi connectivity index (χ1) is 10.3. The Morgan fingerprint density at radius 2 is 2.00 bits per heavy atom. The molecule has 2 heterocycles. The molecule has 1 N–H and O–H groups in total. The van der Waals surface area contributed by atoms with E-state index in [0.29, 0.717) is 30.2 Å². The van der Waals surface area contributed by atoms with Crippen LogP contribution in [0.15, 0.2) is 4.79 Å². The summed E-state index contributed by atoms with van der Waals surface area (Å²) < 4.78 is 12.0. The summed E-state index contributed by atoms with van der Waals surface area (Å²) >= 11 is 0. The number of amides is 1. The van der Waals surface area contributed by atoms with E-state index in [9.17, 15) is 13.8 Å². The van der Waals surface area contributed by atoms with Gasteiger partial charge in [-0.3, -0.25) is 13.8 Å². The number of H-pyrrole nitrogens is 1. The van der Waals surface area contributed by atoms with Crippen LogP contribution in [0.4, 0.5) is 0 Å². The number of rotatable bonds is 3. The van der Waals surface area contributed by atoms with E-state index in [0.717, 1.165) is 12.8 Å². The van der Waals surface area contributed by atoms with Gasteiger partial charge in [0.15, 0.2) is 5.69 Å². The molecule has 2 rings (SSSR count). The average Bonchev–Trinajstić information content (AvgIpc) is 2.51. The lowest BCUT2D eigenvalue weighted by Crippen LogP contribution is -2.55. The normalized spacial score (nSPS) is 20.9. The molecule has 0 spiro atoms. The number of nitrogens with zero attached hydrogens (tertiary/aromatic N) is 2. The van der Waals surface area contributed by atoms with Gasteiger partial charge in [-0.25, -0.2) is 4.98 Å². The maximum atomic E-state index is 12.7. The highest BCUT2D eigenvalue weighted by atomic mass is 32.2. The Hall–Kier alpha value is -1.50. The molecule has 0 aliphatic carbocycles. The Labute approximate surface area is 132 Å². The lowest BCUT2D eigenvalue weighted by atomic mass is 10.0. The summed E-state index contributed by atoms with van der Waals surface area (Å²) in [6.07, 6.45) is 1.49. The van der Waals surface area contributed by atoms with Crippen molar-refractivity contribution in [3.63, 3.8) is 0 Å². The minimum absolute atomic E-state index is 0.0723. The van der Waals surface area contributed by atoms with E-state index in [-0.39, 0.29) is 16.3 Å². The number of carbonyl (C=O) groups excluding carboxylic acids is 1. The number of carbonyl (C=O) groups is 1. The van der Waals surface area contributed by atoms with Gasteiger partial charge in [-0.15, -0.1) is 0 Å². The van der Waals surface area contributed by atoms with Crippen molar-refractivity contribution in [2.45, 2.75) is 45.3 Å². The standard InChI is InChI=1S/C15H23N3O3S/c1-5-15(6-2)9-18(7-8-22(15)21)14(20)12-13(19)17-11(4)10(3)16-12/h5-9H2,1-4H3,(H,17,19). The number of hydrogen-bond donors (Lipinski definition) is 1. The summed E-state index contributed by atoms with van der Waals surface area (Å²) in [5.74, 6) is 0.0863. The van der Waals surface area contributed by atoms with Gasteiger partial charge in [0, 0.05) is 35.3 Å². The molecule has 6 nitrogen and oxygen atoms in total. The van der Waals surface area contributed by atoms with Crippen LogP contribution in [0.5, 0.6) is 0 Å². The van der Waals surface area contributed by atoms with Gasteiger partial charge in [0.05, 0.1) is 10.4 Å². The fourth-order valence-electron chi connectivity index (χ4n) is 2.79. The van der Waals surface area contributed by atoms with Gasteiger partial charge >= 0.3 is 0 Å². The summed E-state index contributed by atoms with van der Waals surface area (Å²) in [6.45, 7) is 8.32. The first kappa shape index (κ1) is 16.9. The van der Waals surface area contributed by atoms with E-state index in [1.54, 1.807) is 18.7 Å². The van der Waals surface area contributed by atoms with E-state index in [2.05, 4.69) is 9.97 Å². The van der Waals surface area contributed by atoms with Gasteiger partial charge in [0.1, 0.15) is 0 Å². The van der Waals surface area contributed by atoms with Crippen LogP contribution >= 0.6 is 0 Å². The van der Waals surface area contributed by atoms with Crippen LogP contribution in [0.1, 0.15) is 48.6 Å². The molecule has 1 aliphatic rings. The van der Waals surface area contributed by atoms with E-state index in [1.165, 1.54) is 0 Å². The molecule has 0 bridgehead atoms. The van der Waals surface area contributed by atoms with E-state index < -0.39 is 16.4 Å². The Bertz CT molecular complexity index is 664. The number of aryl methyl sites for hydroxylation is 2. The average molecular weight is 325 g/mol. The Kier molecular flexibility index (Phi) is 4.84. The highest BCUT2D eigenvalue weighted by Crippen LogP contribution is 2.29. The molecule has 1 atom stereocenters. The van der Waals surface area contributed by atoms with Gasteiger partial charge in [-0.1, -0.05) is 13.8 Å². The van der Waals surface area contributed by atoms with Gasteiger partial charge < -0.3 is 9.88 Å². The Morgan fingerprint density at radius 3 is 2.59 bits per heavy atom. The highest BCUT2D eigenvalue weighted by Gasteiger charge is 2.41. The fourth-order valence-corrected chi connectivity index (χ4v) is 4.56. The molecule has 1 saturated heterocycles. The molecule has 0 radical (unpaired) electrons. The fraction of sp³-hybridized carbons (Fsp3) is 0.667. The minimum Gasteiger partial charge on any atom is -0.335 e. The summed E-state index contributed by atoms with van der Waals surface area (Å²) in [5.41, 5.74) is 0.772. The van der Waals surface area contributed by atoms with Crippen molar-refractivity contribution < 1.29 is 9.00 Å². The van der Waals surface area contributed by atoms with Crippen molar-refractivity contribution in [3.05, 3.63) is 27.4 Å². The molecular formula is C15H23N3O3S. The van der Waals surface area contributed by atoms with Gasteiger partial charge in [-0.2, -0.15) is 0 Å².